The van der Waals surface area contributed by atoms with Crippen LogP contribution in [0, 0.1) is 5.92 Å². The highest BCUT2D eigenvalue weighted by Crippen LogP contribution is 2.31. The number of aromatic amines is 1. The number of nitrogens with zero attached hydrogens (tertiary/aromatic N) is 3. The molecule has 6 nitrogen and oxygen atoms in total. The number of fused-ring (bicyclic) bond motifs is 5. The molecule has 2 bridgehead atoms. The Morgan fingerprint density at radius 1 is 1.28 bits per heavy atom. The van der Waals surface area contributed by atoms with E-state index < -0.39 is 0 Å². The molecule has 6 heteroatoms. The Labute approximate surface area is 148 Å². The first-order valence-electron chi connectivity index (χ1n) is 9.34. The van der Waals surface area contributed by atoms with E-state index in [0.29, 0.717) is 25.3 Å². The van der Waals surface area contributed by atoms with Crippen LogP contribution in [0.4, 0.5) is 0 Å². The van der Waals surface area contributed by atoms with Crippen molar-refractivity contribution in [3.8, 4) is 0 Å². The summed E-state index contributed by atoms with van der Waals surface area (Å²) in [6.45, 7) is 5.91. The quantitative estimate of drug-likeness (QED) is 0.854. The Morgan fingerprint density at radius 3 is 2.92 bits per heavy atom. The van der Waals surface area contributed by atoms with Gasteiger partial charge in [0.1, 0.15) is 0 Å². The number of carbonyl (C=O) groups is 2. The highest BCUT2D eigenvalue weighted by Gasteiger charge is 2.42. The van der Waals surface area contributed by atoms with Crippen molar-refractivity contribution in [2.24, 2.45) is 5.92 Å². The van der Waals surface area contributed by atoms with Crippen molar-refractivity contribution in [3.63, 3.8) is 0 Å². The summed E-state index contributed by atoms with van der Waals surface area (Å²) in [5.74, 6) is 0.129. The van der Waals surface area contributed by atoms with E-state index in [9.17, 15) is 9.59 Å². The van der Waals surface area contributed by atoms with Crippen LogP contribution in [0.1, 0.15) is 54.9 Å². The highest BCUT2D eigenvalue weighted by molar-refractivity contribution is 5.95. The normalized spacial score (nSPS) is 25.1. The van der Waals surface area contributed by atoms with Crippen molar-refractivity contribution in [2.75, 3.05) is 19.6 Å². The van der Waals surface area contributed by atoms with Gasteiger partial charge in [-0.25, -0.2) is 0 Å². The van der Waals surface area contributed by atoms with Crippen LogP contribution in [0.3, 0.4) is 0 Å². The fraction of sp³-hybridized carbons (Fsp3) is 0.632. The molecule has 2 unspecified atom stereocenters. The average Bonchev–Trinajstić information content (AvgIpc) is 3.08. The monoisotopic (exact) mass is 342 g/mol. The Kier molecular flexibility index (Phi) is 4.13. The topological polar surface area (TPSA) is 69.3 Å². The molecule has 1 aromatic heterocycles. The molecule has 25 heavy (non-hydrogen) atoms. The Balaban J connectivity index is 1.56. The maximum atomic E-state index is 13.1. The number of carbonyl (C=O) groups excluding carboxylic acids is 2. The Hall–Kier alpha value is -2.11. The van der Waals surface area contributed by atoms with Gasteiger partial charge in [-0.3, -0.25) is 14.7 Å². The lowest BCUT2D eigenvalue weighted by Gasteiger charge is -2.35. The molecular formula is C19H26N4O2. The van der Waals surface area contributed by atoms with Gasteiger partial charge in [-0.05, 0) is 46.0 Å². The van der Waals surface area contributed by atoms with Crippen LogP contribution in [-0.2, 0) is 17.6 Å². The predicted octanol–water partition coefficient (Wildman–Crippen LogP) is 1.93. The fourth-order valence-corrected chi connectivity index (χ4v) is 4.37. The van der Waals surface area contributed by atoms with Crippen molar-refractivity contribution < 1.29 is 9.59 Å². The van der Waals surface area contributed by atoms with Gasteiger partial charge in [-0.2, -0.15) is 5.10 Å². The molecule has 5 rings (SSSR count). The summed E-state index contributed by atoms with van der Waals surface area (Å²) in [6.07, 6.45) is 6.97. The highest BCUT2D eigenvalue weighted by atomic mass is 16.2. The van der Waals surface area contributed by atoms with Crippen molar-refractivity contribution in [1.82, 2.24) is 20.0 Å². The van der Waals surface area contributed by atoms with Gasteiger partial charge < -0.3 is 9.80 Å². The molecule has 134 valence electrons. The zero-order chi connectivity index (χ0) is 17.6. The number of hydrogen-bond donors (Lipinski definition) is 1. The molecule has 4 heterocycles. The summed E-state index contributed by atoms with van der Waals surface area (Å²) in [5.41, 5.74) is 4.00. The van der Waals surface area contributed by atoms with Crippen LogP contribution in [0.2, 0.25) is 0 Å². The Morgan fingerprint density at radius 2 is 2.12 bits per heavy atom. The van der Waals surface area contributed by atoms with Gasteiger partial charge in [0.2, 0.25) is 5.91 Å². The number of hydrogen-bond acceptors (Lipinski definition) is 3. The lowest BCUT2D eigenvalue weighted by molar-refractivity contribution is -0.139. The number of piperidine rings is 1. The molecule has 4 aliphatic rings. The number of nitrogens with one attached hydrogen (secondary N) is 1. The molecule has 0 spiro atoms. The summed E-state index contributed by atoms with van der Waals surface area (Å²) >= 11 is 0. The van der Waals surface area contributed by atoms with Crippen LogP contribution in [-0.4, -0.2) is 57.5 Å². The van der Waals surface area contributed by atoms with E-state index in [4.69, 9.17) is 0 Å². The second kappa shape index (κ2) is 6.32. The lowest BCUT2D eigenvalue weighted by atomic mass is 9.94. The standard InChI is InChI=1S/C19H26N4O2/c1-12(2)8-9-23-14-7-6-13(18(23)24)10-22(11-14)19(25)17-15-4-3-5-16(15)20-21-17/h8,13-14H,3-7,9-11H2,1-2H3,(H,20,21). The van der Waals surface area contributed by atoms with E-state index in [0.717, 1.165) is 43.4 Å². The van der Waals surface area contributed by atoms with Gasteiger partial charge in [0.25, 0.3) is 5.91 Å². The third-order valence-corrected chi connectivity index (χ3v) is 5.79. The van der Waals surface area contributed by atoms with Crippen molar-refractivity contribution >= 4 is 11.8 Å². The number of amides is 2. The predicted molar refractivity (Wildman–Crippen MR) is 94.2 cm³/mol. The average molecular weight is 342 g/mol. The van der Waals surface area contributed by atoms with E-state index in [1.165, 1.54) is 5.57 Å². The summed E-state index contributed by atoms with van der Waals surface area (Å²) in [7, 11) is 0. The van der Waals surface area contributed by atoms with Gasteiger partial charge in [-0.1, -0.05) is 11.6 Å². The Bertz CT molecular complexity index is 732. The van der Waals surface area contributed by atoms with Crippen molar-refractivity contribution in [1.29, 1.82) is 0 Å². The molecule has 0 radical (unpaired) electrons. The molecule has 3 fully saturated rings. The number of allylic oxidation sites excluding steroid dienone is 1. The summed E-state index contributed by atoms with van der Waals surface area (Å²) in [5, 5.41) is 7.31. The lowest BCUT2D eigenvalue weighted by Crippen LogP contribution is -2.48. The SMILES string of the molecule is CC(C)=CCN1C(=O)C2CCC1CN(C(=O)c1n[nH]c3c1CCC3)C2. The maximum Gasteiger partial charge on any atom is 0.274 e. The molecule has 2 atom stereocenters. The van der Waals surface area contributed by atoms with E-state index in [1.54, 1.807) is 0 Å². The largest absolute Gasteiger partial charge is 0.334 e. The zero-order valence-corrected chi connectivity index (χ0v) is 15.0. The first kappa shape index (κ1) is 16.4. The number of rotatable bonds is 3. The van der Waals surface area contributed by atoms with E-state index in [2.05, 4.69) is 30.1 Å². The molecule has 1 aliphatic carbocycles. The van der Waals surface area contributed by atoms with Gasteiger partial charge in [0.15, 0.2) is 5.69 Å². The van der Waals surface area contributed by atoms with Gasteiger partial charge in [0.05, 0.1) is 5.92 Å². The first-order chi connectivity index (χ1) is 12.0. The molecule has 1 aromatic rings. The minimum absolute atomic E-state index is 0.00633. The smallest absolute Gasteiger partial charge is 0.274 e. The van der Waals surface area contributed by atoms with Crippen LogP contribution < -0.4 is 0 Å². The minimum atomic E-state index is -0.0692. The second-order valence-corrected chi connectivity index (χ2v) is 7.79. The molecule has 1 N–H and O–H groups in total. The van der Waals surface area contributed by atoms with Crippen molar-refractivity contribution in [3.05, 3.63) is 28.6 Å². The molecule has 0 saturated carbocycles. The molecule has 3 aliphatic heterocycles. The summed E-state index contributed by atoms with van der Waals surface area (Å²) in [6, 6.07) is 0.123. The van der Waals surface area contributed by atoms with Gasteiger partial charge in [0, 0.05) is 36.9 Å². The van der Waals surface area contributed by atoms with Gasteiger partial charge in [-0.15, -0.1) is 0 Å². The van der Waals surface area contributed by atoms with Crippen LogP contribution >= 0.6 is 0 Å². The number of H-pyrrole nitrogens is 1. The molecule has 0 aromatic carbocycles. The van der Waals surface area contributed by atoms with Gasteiger partial charge >= 0.3 is 0 Å². The summed E-state index contributed by atoms with van der Waals surface area (Å²) < 4.78 is 0. The molecule has 3 saturated heterocycles. The fourth-order valence-electron chi connectivity index (χ4n) is 4.37. The van der Waals surface area contributed by atoms with E-state index in [1.807, 2.05) is 9.80 Å². The maximum absolute atomic E-state index is 13.1. The zero-order valence-electron chi connectivity index (χ0n) is 15.0. The first-order valence-corrected chi connectivity index (χ1v) is 9.34. The molecule has 2 amide bonds. The third-order valence-electron chi connectivity index (χ3n) is 5.79. The molecular weight excluding hydrogens is 316 g/mol. The van der Waals surface area contributed by atoms with Crippen LogP contribution in [0.25, 0.3) is 0 Å². The van der Waals surface area contributed by atoms with Crippen LogP contribution in [0.15, 0.2) is 11.6 Å². The summed E-state index contributed by atoms with van der Waals surface area (Å²) in [4.78, 5) is 29.7. The number of aromatic nitrogens is 2. The van der Waals surface area contributed by atoms with Crippen molar-refractivity contribution in [2.45, 2.75) is 52.0 Å². The second-order valence-electron chi connectivity index (χ2n) is 7.79. The third kappa shape index (κ3) is 2.87. The number of aryl methyl sites for hydroxylation is 1. The van der Waals surface area contributed by atoms with E-state index in [-0.39, 0.29) is 23.8 Å². The minimum Gasteiger partial charge on any atom is -0.334 e. The van der Waals surface area contributed by atoms with Crippen LogP contribution in [0.5, 0.6) is 0 Å². The van der Waals surface area contributed by atoms with E-state index >= 15 is 0 Å².